The fourth-order valence-corrected chi connectivity index (χ4v) is 6.14. The number of amides is 1. The summed E-state index contributed by atoms with van der Waals surface area (Å²) in [5, 5.41) is 4.36. The van der Waals surface area contributed by atoms with Crippen molar-refractivity contribution in [1.82, 2.24) is 24.0 Å². The topological polar surface area (TPSA) is 88.4 Å². The third-order valence-electron chi connectivity index (χ3n) is 5.59. The van der Waals surface area contributed by atoms with Gasteiger partial charge in [-0.2, -0.15) is 9.40 Å². The van der Waals surface area contributed by atoms with Gasteiger partial charge in [0.05, 0.1) is 10.9 Å². The first kappa shape index (κ1) is 22.4. The van der Waals surface area contributed by atoms with Crippen molar-refractivity contribution in [2.75, 3.05) is 26.2 Å². The molecular weight excluding hydrogens is 402 g/mol. The molecule has 9 heteroatoms. The molecule has 1 aromatic heterocycles. The Hall–Kier alpha value is -2.26. The van der Waals surface area contributed by atoms with Gasteiger partial charge < -0.3 is 4.90 Å². The molecule has 2 heterocycles. The number of sulfonamides is 1. The molecule has 1 fully saturated rings. The predicted molar refractivity (Wildman–Crippen MR) is 115 cm³/mol. The van der Waals surface area contributed by atoms with Crippen molar-refractivity contribution in [2.45, 2.75) is 58.9 Å². The fourth-order valence-electron chi connectivity index (χ4n) is 4.30. The van der Waals surface area contributed by atoms with Crippen molar-refractivity contribution >= 4 is 15.9 Å². The van der Waals surface area contributed by atoms with Gasteiger partial charge in [0, 0.05) is 32.6 Å². The van der Waals surface area contributed by atoms with Crippen LogP contribution >= 0.6 is 0 Å². The zero-order valence-corrected chi connectivity index (χ0v) is 19.5. The lowest BCUT2D eigenvalue weighted by Gasteiger charge is -2.35. The summed E-state index contributed by atoms with van der Waals surface area (Å²) in [7, 11) is -3.59. The van der Waals surface area contributed by atoms with E-state index in [2.05, 4.69) is 10.1 Å². The monoisotopic (exact) mass is 433 g/mol. The zero-order valence-electron chi connectivity index (χ0n) is 18.6. The molecule has 0 saturated carbocycles. The Bertz CT molecular complexity index is 1030. The molecule has 30 heavy (non-hydrogen) atoms. The van der Waals surface area contributed by atoms with Gasteiger partial charge in [-0.05, 0) is 52.7 Å². The standard InChI is InChI=1S/C21H31N5O3S/c1-14-11-15(2)21(16(3)12-14)30(28,29)25-9-7-24(8-10-25)20(27)13-17(4)26-19(6)22-18(5)23-26/h11-12,17H,7-10,13H2,1-6H3/t17-/m0/s1. The molecule has 0 unspecified atom stereocenters. The number of benzene rings is 1. The van der Waals surface area contributed by atoms with Crippen molar-refractivity contribution in [3.63, 3.8) is 0 Å². The van der Waals surface area contributed by atoms with Gasteiger partial charge in [-0.3, -0.25) is 4.79 Å². The average Bonchev–Trinajstić information content (AvgIpc) is 2.99. The molecule has 0 aliphatic carbocycles. The highest BCUT2D eigenvalue weighted by Gasteiger charge is 2.32. The molecular formula is C21H31N5O3S. The summed E-state index contributed by atoms with van der Waals surface area (Å²) in [6.45, 7) is 12.7. The molecule has 1 aliphatic rings. The van der Waals surface area contributed by atoms with Crippen LogP contribution in [0.25, 0.3) is 0 Å². The first-order valence-electron chi connectivity index (χ1n) is 10.3. The van der Waals surface area contributed by atoms with Crippen LogP contribution in [0.5, 0.6) is 0 Å². The van der Waals surface area contributed by atoms with Gasteiger partial charge in [0.2, 0.25) is 15.9 Å². The first-order chi connectivity index (χ1) is 14.0. The van der Waals surface area contributed by atoms with Gasteiger partial charge in [-0.25, -0.2) is 18.1 Å². The number of carbonyl (C=O) groups is 1. The van der Waals surface area contributed by atoms with E-state index in [0.717, 1.165) is 22.5 Å². The number of aromatic nitrogens is 3. The van der Waals surface area contributed by atoms with Crippen molar-refractivity contribution in [1.29, 1.82) is 0 Å². The van der Waals surface area contributed by atoms with Crippen LogP contribution in [-0.2, 0) is 14.8 Å². The predicted octanol–water partition coefficient (Wildman–Crippen LogP) is 2.30. The molecule has 1 amide bonds. The molecule has 164 valence electrons. The first-order valence-corrected chi connectivity index (χ1v) is 11.7. The number of nitrogens with zero attached hydrogens (tertiary/aromatic N) is 5. The highest BCUT2D eigenvalue weighted by molar-refractivity contribution is 7.89. The maximum atomic E-state index is 13.2. The van der Waals surface area contributed by atoms with Gasteiger partial charge in [0.1, 0.15) is 11.6 Å². The largest absolute Gasteiger partial charge is 0.340 e. The molecule has 0 N–H and O–H groups in total. The summed E-state index contributed by atoms with van der Waals surface area (Å²) in [5.41, 5.74) is 2.57. The van der Waals surface area contributed by atoms with Crippen molar-refractivity contribution in [2.24, 2.45) is 0 Å². The number of carbonyl (C=O) groups excluding carboxylic acids is 1. The summed E-state index contributed by atoms with van der Waals surface area (Å²) in [4.78, 5) is 19.2. The summed E-state index contributed by atoms with van der Waals surface area (Å²) in [5.74, 6) is 1.48. The Morgan fingerprint density at radius 3 is 2.10 bits per heavy atom. The lowest BCUT2D eigenvalue weighted by Crippen LogP contribution is -2.50. The van der Waals surface area contributed by atoms with E-state index in [9.17, 15) is 13.2 Å². The smallest absolute Gasteiger partial charge is 0.243 e. The number of aryl methyl sites for hydroxylation is 5. The van der Waals surface area contributed by atoms with E-state index < -0.39 is 10.0 Å². The van der Waals surface area contributed by atoms with Crippen molar-refractivity contribution < 1.29 is 13.2 Å². The maximum absolute atomic E-state index is 13.2. The van der Waals surface area contributed by atoms with E-state index in [1.54, 1.807) is 9.58 Å². The van der Waals surface area contributed by atoms with E-state index in [0.29, 0.717) is 43.3 Å². The van der Waals surface area contributed by atoms with Crippen molar-refractivity contribution in [3.05, 3.63) is 40.5 Å². The quantitative estimate of drug-likeness (QED) is 0.722. The maximum Gasteiger partial charge on any atom is 0.243 e. The third kappa shape index (κ3) is 4.41. The van der Waals surface area contributed by atoms with Crippen LogP contribution in [0.1, 0.15) is 47.7 Å². The van der Waals surface area contributed by atoms with Gasteiger partial charge in [-0.1, -0.05) is 17.7 Å². The Balaban J connectivity index is 1.65. The van der Waals surface area contributed by atoms with E-state index >= 15 is 0 Å². The molecule has 0 bridgehead atoms. The third-order valence-corrected chi connectivity index (χ3v) is 7.79. The second-order valence-electron chi connectivity index (χ2n) is 8.22. The molecule has 1 aliphatic heterocycles. The summed E-state index contributed by atoms with van der Waals surface area (Å²) < 4.78 is 29.7. The molecule has 1 aromatic carbocycles. The molecule has 8 nitrogen and oxygen atoms in total. The van der Waals surface area contributed by atoms with Gasteiger partial charge in [0.15, 0.2) is 0 Å². The lowest BCUT2D eigenvalue weighted by atomic mass is 10.1. The average molecular weight is 434 g/mol. The van der Waals surface area contributed by atoms with Crippen LogP contribution in [0.3, 0.4) is 0 Å². The molecule has 0 radical (unpaired) electrons. The van der Waals surface area contributed by atoms with E-state index in [1.165, 1.54) is 4.31 Å². The van der Waals surface area contributed by atoms with Crippen LogP contribution < -0.4 is 0 Å². The zero-order chi connectivity index (χ0) is 22.2. The molecule has 0 spiro atoms. The van der Waals surface area contributed by atoms with Crippen molar-refractivity contribution in [3.8, 4) is 0 Å². The van der Waals surface area contributed by atoms with E-state index in [-0.39, 0.29) is 11.9 Å². The van der Waals surface area contributed by atoms with Gasteiger partial charge >= 0.3 is 0 Å². The van der Waals surface area contributed by atoms with Crippen LogP contribution in [0.4, 0.5) is 0 Å². The van der Waals surface area contributed by atoms with Gasteiger partial charge in [-0.15, -0.1) is 0 Å². The number of piperazine rings is 1. The minimum Gasteiger partial charge on any atom is -0.340 e. The Morgan fingerprint density at radius 1 is 1.03 bits per heavy atom. The highest BCUT2D eigenvalue weighted by Crippen LogP contribution is 2.26. The minimum atomic E-state index is -3.59. The van der Waals surface area contributed by atoms with Crippen LogP contribution in [0.2, 0.25) is 0 Å². The van der Waals surface area contributed by atoms with E-state index in [4.69, 9.17) is 0 Å². The number of hydrogen-bond donors (Lipinski definition) is 0. The normalized spacial score (nSPS) is 16.7. The molecule has 1 atom stereocenters. The second kappa shape index (κ2) is 8.47. The van der Waals surface area contributed by atoms with Crippen LogP contribution in [0, 0.1) is 34.6 Å². The summed E-state index contributed by atoms with van der Waals surface area (Å²) in [6, 6.07) is 3.70. The summed E-state index contributed by atoms with van der Waals surface area (Å²) >= 11 is 0. The van der Waals surface area contributed by atoms with E-state index in [1.807, 2.05) is 53.7 Å². The fraction of sp³-hybridized carbons (Fsp3) is 0.571. The Kier molecular flexibility index (Phi) is 6.33. The number of rotatable bonds is 5. The highest BCUT2D eigenvalue weighted by atomic mass is 32.2. The molecule has 3 rings (SSSR count). The van der Waals surface area contributed by atoms with Crippen LogP contribution in [-0.4, -0.2) is 64.5 Å². The Labute approximate surface area is 178 Å². The molecule has 1 saturated heterocycles. The summed E-state index contributed by atoms with van der Waals surface area (Å²) in [6.07, 6.45) is 0.312. The number of hydrogen-bond acceptors (Lipinski definition) is 5. The lowest BCUT2D eigenvalue weighted by molar-refractivity contribution is -0.133. The Morgan fingerprint density at radius 2 is 1.60 bits per heavy atom. The second-order valence-corrected chi connectivity index (χ2v) is 10.1. The minimum absolute atomic E-state index is 0.00907. The SMILES string of the molecule is Cc1cc(C)c(S(=O)(=O)N2CCN(C(=O)C[C@H](C)n3nc(C)nc3C)CC2)c(C)c1. The van der Waals surface area contributed by atoms with Gasteiger partial charge in [0.25, 0.3) is 0 Å². The van der Waals surface area contributed by atoms with Crippen LogP contribution in [0.15, 0.2) is 17.0 Å². The molecule has 2 aromatic rings.